The lowest BCUT2D eigenvalue weighted by Crippen LogP contribution is -2.22. The second kappa shape index (κ2) is 5.01. The summed E-state index contributed by atoms with van der Waals surface area (Å²) in [6.45, 7) is 0.320. The third-order valence-corrected chi connectivity index (χ3v) is 3.16. The summed E-state index contributed by atoms with van der Waals surface area (Å²) < 4.78 is 10.6. The quantitative estimate of drug-likeness (QED) is 0.768. The third-order valence-electron chi connectivity index (χ3n) is 2.73. The first-order valence-corrected chi connectivity index (χ1v) is 6.56. The lowest BCUT2D eigenvalue weighted by molar-refractivity contribution is 0.0922. The minimum Gasteiger partial charge on any atom is -0.444 e. The van der Waals surface area contributed by atoms with Crippen molar-refractivity contribution in [1.29, 1.82) is 0 Å². The summed E-state index contributed by atoms with van der Waals surface area (Å²) in [7, 11) is 0. The largest absolute Gasteiger partial charge is 0.444 e. The summed E-state index contributed by atoms with van der Waals surface area (Å²) in [6, 6.07) is 8.43. The average Bonchev–Trinajstić information content (AvgIpc) is 3.00. The first kappa shape index (κ1) is 12.7. The maximum absolute atomic E-state index is 11.8. The van der Waals surface area contributed by atoms with Crippen LogP contribution in [-0.2, 0) is 6.54 Å². The smallest absolute Gasteiger partial charge is 0.417 e. The molecule has 0 aliphatic rings. The lowest BCUT2D eigenvalue weighted by atomic mass is 10.2. The number of benzene rings is 1. The molecule has 2 heterocycles. The molecule has 0 bridgehead atoms. The molecule has 3 aromatic rings. The number of halogens is 1. The number of fused-ring (bicyclic) bond motifs is 1. The van der Waals surface area contributed by atoms with Crippen LogP contribution in [0.1, 0.15) is 16.1 Å². The van der Waals surface area contributed by atoms with Crippen LogP contribution in [-0.4, -0.2) is 10.9 Å². The molecule has 6 nitrogen and oxygen atoms in total. The van der Waals surface area contributed by atoms with Gasteiger partial charge in [-0.05, 0) is 45.8 Å². The van der Waals surface area contributed by atoms with Crippen molar-refractivity contribution in [3.8, 4) is 0 Å². The molecule has 0 spiro atoms. The van der Waals surface area contributed by atoms with Crippen molar-refractivity contribution in [2.45, 2.75) is 6.54 Å². The Morgan fingerprint density at radius 1 is 1.25 bits per heavy atom. The number of hydrogen-bond acceptors (Lipinski definition) is 4. The van der Waals surface area contributed by atoms with Crippen LogP contribution in [0, 0.1) is 0 Å². The van der Waals surface area contributed by atoms with Crippen molar-refractivity contribution >= 4 is 32.9 Å². The van der Waals surface area contributed by atoms with E-state index in [2.05, 4.69) is 26.2 Å². The molecule has 0 aliphatic heterocycles. The lowest BCUT2D eigenvalue weighted by Gasteiger charge is -2.03. The molecular formula is C13H9BrN2O4. The molecule has 3 rings (SSSR count). The fourth-order valence-corrected chi connectivity index (χ4v) is 2.12. The molecule has 0 radical (unpaired) electrons. The fraction of sp³-hybridized carbons (Fsp3) is 0.0769. The van der Waals surface area contributed by atoms with E-state index in [0.29, 0.717) is 22.3 Å². The van der Waals surface area contributed by atoms with Crippen LogP contribution in [0.25, 0.3) is 11.1 Å². The van der Waals surface area contributed by atoms with E-state index >= 15 is 0 Å². The first-order chi connectivity index (χ1) is 9.61. The third kappa shape index (κ3) is 2.53. The van der Waals surface area contributed by atoms with E-state index < -0.39 is 5.76 Å². The van der Waals surface area contributed by atoms with E-state index in [1.54, 1.807) is 30.3 Å². The van der Waals surface area contributed by atoms with Crippen LogP contribution < -0.4 is 11.1 Å². The van der Waals surface area contributed by atoms with Crippen molar-refractivity contribution < 1.29 is 13.6 Å². The molecule has 20 heavy (non-hydrogen) atoms. The Balaban J connectivity index is 1.73. The zero-order chi connectivity index (χ0) is 14.1. The summed E-state index contributed by atoms with van der Waals surface area (Å²) in [4.78, 5) is 25.4. The Morgan fingerprint density at radius 2 is 2.10 bits per heavy atom. The summed E-state index contributed by atoms with van der Waals surface area (Å²) in [5.41, 5.74) is 1.93. The molecule has 2 N–H and O–H groups in total. The molecule has 0 saturated heterocycles. The number of rotatable bonds is 3. The zero-order valence-corrected chi connectivity index (χ0v) is 11.7. The Morgan fingerprint density at radius 3 is 2.85 bits per heavy atom. The number of furan rings is 1. The number of oxazole rings is 1. The Bertz CT molecular complexity index is 830. The van der Waals surface area contributed by atoms with E-state index in [1.165, 1.54) is 0 Å². The highest BCUT2D eigenvalue weighted by molar-refractivity contribution is 9.10. The van der Waals surface area contributed by atoms with Gasteiger partial charge in [0.05, 0.1) is 5.52 Å². The average molecular weight is 337 g/mol. The minimum atomic E-state index is -0.498. The van der Waals surface area contributed by atoms with Gasteiger partial charge in [-0.15, -0.1) is 0 Å². The SMILES string of the molecule is O=C(NCc1ccc2oc(=O)[nH]c2c1)c1ccc(Br)o1. The van der Waals surface area contributed by atoms with E-state index in [0.717, 1.165) is 5.56 Å². The van der Waals surface area contributed by atoms with Crippen LogP contribution >= 0.6 is 15.9 Å². The first-order valence-electron chi connectivity index (χ1n) is 5.77. The van der Waals surface area contributed by atoms with Gasteiger partial charge in [-0.1, -0.05) is 6.07 Å². The van der Waals surface area contributed by atoms with E-state index in [9.17, 15) is 9.59 Å². The van der Waals surface area contributed by atoms with E-state index in [1.807, 2.05) is 0 Å². The molecule has 0 fully saturated rings. The van der Waals surface area contributed by atoms with Gasteiger partial charge in [-0.25, -0.2) is 4.79 Å². The van der Waals surface area contributed by atoms with Gasteiger partial charge in [0.25, 0.3) is 5.91 Å². The second-order valence-corrected chi connectivity index (χ2v) is 4.91. The molecule has 0 aliphatic carbocycles. The van der Waals surface area contributed by atoms with Crippen molar-refractivity contribution in [2.24, 2.45) is 0 Å². The maximum atomic E-state index is 11.8. The summed E-state index contributed by atoms with van der Waals surface area (Å²) >= 11 is 3.14. The molecule has 1 aromatic carbocycles. The van der Waals surface area contributed by atoms with Gasteiger partial charge in [0.1, 0.15) is 0 Å². The summed E-state index contributed by atoms with van der Waals surface area (Å²) in [5.74, 6) is -0.576. The van der Waals surface area contributed by atoms with Gasteiger partial charge in [0.2, 0.25) is 0 Å². The summed E-state index contributed by atoms with van der Waals surface area (Å²) in [6.07, 6.45) is 0. The number of nitrogens with one attached hydrogen (secondary N) is 2. The highest BCUT2D eigenvalue weighted by atomic mass is 79.9. The Kier molecular flexibility index (Phi) is 3.19. The predicted molar refractivity (Wildman–Crippen MR) is 74.4 cm³/mol. The normalized spacial score (nSPS) is 10.8. The number of aromatic amines is 1. The van der Waals surface area contributed by atoms with Crippen molar-refractivity contribution in [1.82, 2.24) is 10.3 Å². The molecule has 0 atom stereocenters. The molecular weight excluding hydrogens is 328 g/mol. The van der Waals surface area contributed by atoms with Crippen LogP contribution in [0.15, 0.2) is 48.6 Å². The Hall–Kier alpha value is -2.28. The van der Waals surface area contributed by atoms with Crippen LogP contribution in [0.3, 0.4) is 0 Å². The van der Waals surface area contributed by atoms with E-state index in [4.69, 9.17) is 8.83 Å². The molecule has 2 aromatic heterocycles. The van der Waals surface area contributed by atoms with Gasteiger partial charge >= 0.3 is 5.76 Å². The van der Waals surface area contributed by atoms with Crippen LogP contribution in [0.2, 0.25) is 0 Å². The monoisotopic (exact) mass is 336 g/mol. The molecule has 0 saturated carbocycles. The number of hydrogen-bond donors (Lipinski definition) is 2. The molecule has 102 valence electrons. The van der Waals surface area contributed by atoms with Crippen molar-refractivity contribution in [3.63, 3.8) is 0 Å². The van der Waals surface area contributed by atoms with E-state index in [-0.39, 0.29) is 11.7 Å². The van der Waals surface area contributed by atoms with Gasteiger partial charge in [0.15, 0.2) is 16.0 Å². The van der Waals surface area contributed by atoms with Crippen molar-refractivity contribution in [2.75, 3.05) is 0 Å². The van der Waals surface area contributed by atoms with Gasteiger partial charge in [0, 0.05) is 6.54 Å². The van der Waals surface area contributed by atoms with Crippen molar-refractivity contribution in [3.05, 3.63) is 56.9 Å². The number of aromatic nitrogens is 1. The zero-order valence-electron chi connectivity index (χ0n) is 10.1. The van der Waals surface area contributed by atoms with Gasteiger partial charge in [-0.2, -0.15) is 0 Å². The molecule has 1 amide bonds. The summed E-state index contributed by atoms with van der Waals surface area (Å²) in [5, 5.41) is 2.72. The number of amides is 1. The maximum Gasteiger partial charge on any atom is 0.417 e. The Labute approximate surface area is 120 Å². The molecule has 0 unspecified atom stereocenters. The van der Waals surface area contributed by atoms with Crippen LogP contribution in [0.5, 0.6) is 0 Å². The number of carbonyl (C=O) groups is 1. The van der Waals surface area contributed by atoms with Crippen LogP contribution in [0.4, 0.5) is 0 Å². The van der Waals surface area contributed by atoms with Gasteiger partial charge < -0.3 is 14.2 Å². The topological polar surface area (TPSA) is 88.2 Å². The minimum absolute atomic E-state index is 0.231. The number of H-pyrrole nitrogens is 1. The highest BCUT2D eigenvalue weighted by Crippen LogP contribution is 2.15. The molecule has 7 heteroatoms. The number of carbonyl (C=O) groups excluding carboxylic acids is 1. The highest BCUT2D eigenvalue weighted by Gasteiger charge is 2.10. The fourth-order valence-electron chi connectivity index (χ4n) is 1.81. The second-order valence-electron chi connectivity index (χ2n) is 4.13. The predicted octanol–water partition coefficient (Wildman–Crippen LogP) is 2.41. The standard InChI is InChI=1S/C13H9BrN2O4/c14-11-4-3-10(19-11)12(17)15-6-7-1-2-9-8(5-7)16-13(18)20-9/h1-5H,6H2,(H,15,17)(H,16,18). The van der Waals surface area contributed by atoms with Gasteiger partial charge in [-0.3, -0.25) is 9.78 Å².